The lowest BCUT2D eigenvalue weighted by Gasteiger charge is -2.38. The number of aliphatic hydroxyl groups excluding tert-OH is 3. The molecule has 0 spiro atoms. The minimum absolute atomic E-state index is 0.311. The van der Waals surface area contributed by atoms with E-state index in [9.17, 15) is 24.9 Å². The molecule has 1 heterocycles. The van der Waals surface area contributed by atoms with E-state index in [1.165, 1.54) is 0 Å². The normalized spacial score (nSPS) is 30.7. The number of carboxylic acids is 1. The second-order valence-electron chi connectivity index (χ2n) is 5.64. The molecule has 1 aliphatic rings. The zero-order chi connectivity index (χ0) is 17.3. The van der Waals surface area contributed by atoms with Crippen LogP contribution in [0.4, 0.5) is 0 Å². The average molecular weight is 325 g/mol. The molecule has 23 heavy (non-hydrogen) atoms. The Bertz CT molecular complexity index is 598. The van der Waals surface area contributed by atoms with Crippen LogP contribution in [0.1, 0.15) is 21.5 Å². The van der Waals surface area contributed by atoms with Crippen molar-refractivity contribution >= 4 is 11.9 Å². The van der Waals surface area contributed by atoms with Gasteiger partial charge in [0, 0.05) is 5.56 Å². The summed E-state index contributed by atoms with van der Waals surface area (Å²) in [5.41, 5.74) is 2.03. The quantitative estimate of drug-likeness (QED) is 0.477. The molecule has 0 radical (unpaired) electrons. The Labute approximate surface area is 132 Å². The van der Waals surface area contributed by atoms with E-state index in [4.69, 9.17) is 9.84 Å². The lowest BCUT2D eigenvalue weighted by Crippen LogP contribution is -2.64. The van der Waals surface area contributed by atoms with Gasteiger partial charge in [0.1, 0.15) is 18.3 Å². The fraction of sp³-hybridized carbons (Fsp3) is 0.467. The molecule has 8 heteroatoms. The van der Waals surface area contributed by atoms with E-state index in [2.05, 4.69) is 5.32 Å². The van der Waals surface area contributed by atoms with E-state index in [1.807, 2.05) is 19.9 Å². The number of hydrogen-bond donors (Lipinski definition) is 5. The van der Waals surface area contributed by atoms with Crippen LogP contribution in [0.25, 0.3) is 0 Å². The van der Waals surface area contributed by atoms with Crippen LogP contribution in [0.5, 0.6) is 0 Å². The number of benzene rings is 1. The molecule has 1 fully saturated rings. The predicted octanol–water partition coefficient (Wildman–Crippen LogP) is -1.07. The minimum Gasteiger partial charge on any atom is -0.479 e. The summed E-state index contributed by atoms with van der Waals surface area (Å²) in [4.78, 5) is 23.3. The number of carbonyl (C=O) groups excluding carboxylic acids is 1. The van der Waals surface area contributed by atoms with Crippen molar-refractivity contribution in [2.45, 2.75) is 44.5 Å². The van der Waals surface area contributed by atoms with Crippen LogP contribution >= 0.6 is 0 Å². The number of aliphatic hydroxyl groups is 3. The Balaban J connectivity index is 2.17. The maximum atomic E-state index is 12.2. The molecule has 5 atom stereocenters. The van der Waals surface area contributed by atoms with E-state index in [1.54, 1.807) is 12.1 Å². The first-order valence-corrected chi connectivity index (χ1v) is 7.02. The van der Waals surface area contributed by atoms with E-state index in [-0.39, 0.29) is 0 Å². The second-order valence-corrected chi connectivity index (χ2v) is 5.64. The Hall–Kier alpha value is -2.00. The first-order valence-electron chi connectivity index (χ1n) is 7.02. The van der Waals surface area contributed by atoms with Gasteiger partial charge in [0.15, 0.2) is 12.3 Å². The second kappa shape index (κ2) is 6.63. The lowest BCUT2D eigenvalue weighted by atomic mass is 9.98. The molecule has 1 saturated heterocycles. The first kappa shape index (κ1) is 17.4. The van der Waals surface area contributed by atoms with E-state index in [0.29, 0.717) is 5.56 Å². The van der Waals surface area contributed by atoms with Crippen LogP contribution in [-0.4, -0.2) is 62.9 Å². The third-order valence-corrected chi connectivity index (χ3v) is 3.61. The van der Waals surface area contributed by atoms with Gasteiger partial charge in [-0.2, -0.15) is 0 Å². The molecule has 0 unspecified atom stereocenters. The molecule has 1 amide bonds. The molecule has 2 rings (SSSR count). The van der Waals surface area contributed by atoms with Gasteiger partial charge >= 0.3 is 5.97 Å². The van der Waals surface area contributed by atoms with Crippen LogP contribution in [0.3, 0.4) is 0 Å². The fourth-order valence-electron chi connectivity index (χ4n) is 2.52. The summed E-state index contributed by atoms with van der Waals surface area (Å²) in [6.07, 6.45) is -8.41. The molecule has 0 aliphatic carbocycles. The molecule has 5 N–H and O–H groups in total. The number of carboxylic acid groups (broad SMARTS) is 1. The van der Waals surface area contributed by atoms with Crippen LogP contribution in [0, 0.1) is 13.8 Å². The van der Waals surface area contributed by atoms with Gasteiger partial charge in [0.2, 0.25) is 0 Å². The summed E-state index contributed by atoms with van der Waals surface area (Å²) < 4.78 is 5.00. The monoisotopic (exact) mass is 325 g/mol. The standard InChI is InChI=1S/C15H19NO7/c1-6-3-7(2)5-8(4-6)13(20)16-14-11(19)9(17)10(18)12(23-14)15(21)22/h3-5,9-12,14,17-19H,1-2H3,(H,16,20)(H,21,22)/t9-,10-,11+,12-,14+/m0/s1. The molecule has 8 nitrogen and oxygen atoms in total. The molecule has 126 valence electrons. The number of hydrogen-bond acceptors (Lipinski definition) is 6. The summed E-state index contributed by atoms with van der Waals surface area (Å²) in [6, 6.07) is 5.12. The Morgan fingerprint density at radius 2 is 1.57 bits per heavy atom. The minimum atomic E-state index is -1.79. The van der Waals surface area contributed by atoms with Crippen LogP contribution in [-0.2, 0) is 9.53 Å². The van der Waals surface area contributed by atoms with Gasteiger partial charge in [0.25, 0.3) is 5.91 Å². The molecule has 0 bridgehead atoms. The summed E-state index contributed by atoms with van der Waals surface area (Å²) in [5, 5.41) is 40.5. The maximum Gasteiger partial charge on any atom is 0.335 e. The van der Waals surface area contributed by atoms with Crippen LogP contribution in [0.15, 0.2) is 18.2 Å². The summed E-state index contributed by atoms with van der Waals surface area (Å²) >= 11 is 0. The fourth-order valence-corrected chi connectivity index (χ4v) is 2.52. The Morgan fingerprint density at radius 1 is 1.00 bits per heavy atom. The number of aliphatic carboxylic acids is 1. The van der Waals surface area contributed by atoms with Crippen molar-refractivity contribution in [1.29, 1.82) is 0 Å². The van der Waals surface area contributed by atoms with Crippen molar-refractivity contribution in [1.82, 2.24) is 5.32 Å². The lowest BCUT2D eigenvalue weighted by molar-refractivity contribution is -0.231. The van der Waals surface area contributed by atoms with Gasteiger partial charge in [-0.15, -0.1) is 0 Å². The number of aryl methyl sites for hydroxylation is 2. The smallest absolute Gasteiger partial charge is 0.335 e. The molecule has 1 aromatic carbocycles. The van der Waals surface area contributed by atoms with Crippen LogP contribution < -0.4 is 5.32 Å². The first-order chi connectivity index (χ1) is 10.7. The van der Waals surface area contributed by atoms with Gasteiger partial charge in [-0.05, 0) is 26.0 Å². The molecule has 0 aromatic heterocycles. The highest BCUT2D eigenvalue weighted by Gasteiger charge is 2.47. The molecular weight excluding hydrogens is 306 g/mol. The zero-order valence-corrected chi connectivity index (χ0v) is 12.6. The third kappa shape index (κ3) is 3.67. The van der Waals surface area contributed by atoms with E-state index < -0.39 is 42.5 Å². The zero-order valence-electron chi connectivity index (χ0n) is 12.6. The topological polar surface area (TPSA) is 136 Å². The molecular formula is C15H19NO7. The van der Waals surface area contributed by atoms with Gasteiger partial charge < -0.3 is 30.5 Å². The predicted molar refractivity (Wildman–Crippen MR) is 77.7 cm³/mol. The SMILES string of the molecule is Cc1cc(C)cc(C(=O)N[C@@H]2O[C@H](C(=O)O)[C@@H](O)[C@H](O)[C@H]2O)c1. The van der Waals surface area contributed by atoms with Crippen molar-refractivity contribution in [3.8, 4) is 0 Å². The number of nitrogens with one attached hydrogen (secondary N) is 1. The van der Waals surface area contributed by atoms with E-state index >= 15 is 0 Å². The number of carbonyl (C=O) groups is 2. The van der Waals surface area contributed by atoms with Crippen LogP contribution in [0.2, 0.25) is 0 Å². The summed E-state index contributed by atoms with van der Waals surface area (Å²) in [7, 11) is 0. The van der Waals surface area contributed by atoms with Crippen molar-refractivity contribution in [2.75, 3.05) is 0 Å². The van der Waals surface area contributed by atoms with Gasteiger partial charge in [-0.3, -0.25) is 4.79 Å². The van der Waals surface area contributed by atoms with Crippen molar-refractivity contribution in [2.24, 2.45) is 0 Å². The Morgan fingerprint density at radius 3 is 2.09 bits per heavy atom. The third-order valence-electron chi connectivity index (χ3n) is 3.61. The van der Waals surface area contributed by atoms with Crippen molar-refractivity contribution in [3.05, 3.63) is 34.9 Å². The number of rotatable bonds is 3. The highest BCUT2D eigenvalue weighted by atomic mass is 16.6. The summed E-state index contributed by atoms with van der Waals surface area (Å²) in [6.45, 7) is 3.63. The number of amides is 1. The maximum absolute atomic E-state index is 12.2. The highest BCUT2D eigenvalue weighted by Crippen LogP contribution is 2.21. The highest BCUT2D eigenvalue weighted by molar-refractivity contribution is 5.94. The van der Waals surface area contributed by atoms with Gasteiger partial charge in [-0.25, -0.2) is 4.79 Å². The molecule has 1 aliphatic heterocycles. The Kier molecular flexibility index (Phi) is 5.00. The van der Waals surface area contributed by atoms with Crippen molar-refractivity contribution < 1.29 is 34.8 Å². The van der Waals surface area contributed by atoms with Gasteiger partial charge in [-0.1, -0.05) is 17.2 Å². The average Bonchev–Trinajstić information content (AvgIpc) is 2.46. The molecule has 0 saturated carbocycles. The van der Waals surface area contributed by atoms with E-state index in [0.717, 1.165) is 11.1 Å². The van der Waals surface area contributed by atoms with Crippen molar-refractivity contribution in [3.63, 3.8) is 0 Å². The molecule has 1 aromatic rings. The van der Waals surface area contributed by atoms with Gasteiger partial charge in [0.05, 0.1) is 0 Å². The number of ether oxygens (including phenoxy) is 1. The summed E-state index contributed by atoms with van der Waals surface area (Å²) in [5.74, 6) is -2.09. The largest absolute Gasteiger partial charge is 0.479 e.